The second-order valence-corrected chi connectivity index (χ2v) is 10.6. The number of amides is 2. The van der Waals surface area contributed by atoms with E-state index < -0.39 is 0 Å². The van der Waals surface area contributed by atoms with Crippen LogP contribution >= 0.6 is 23.1 Å². The Morgan fingerprint density at radius 2 is 1.97 bits per heavy atom. The summed E-state index contributed by atoms with van der Waals surface area (Å²) in [6.07, 6.45) is 4.31. The molecular formula is C25H28N6O3S2. The number of aromatic nitrogens is 3. The number of hydrogen-bond acceptors (Lipinski definition) is 8. The first-order valence-electron chi connectivity index (χ1n) is 11.7. The summed E-state index contributed by atoms with van der Waals surface area (Å²) in [5, 5.41) is 25.1. The Bertz CT molecular complexity index is 1290. The Balaban J connectivity index is 1.31. The smallest absolute Gasteiger partial charge is 0.235 e. The molecule has 0 saturated carbocycles. The molecule has 1 aliphatic carbocycles. The van der Waals surface area contributed by atoms with E-state index in [1.165, 1.54) is 28.0 Å². The molecule has 188 valence electrons. The van der Waals surface area contributed by atoms with Crippen LogP contribution in [0.15, 0.2) is 29.4 Å². The number of carbonyl (C=O) groups excluding carboxylic acids is 2. The molecule has 0 aliphatic heterocycles. The standard InChI is InChI=1S/C25H28N6O3S2/c1-15(27-21(32)12-16-8-10-17(34-3)11-9-16)23-29-30-25(31(23)2)35-14-22(33)28-24-19(13-26)18-6-4-5-7-20(18)36-24/h8-11,15H,4-7,12,14H2,1-3H3,(H,27,32)(H,28,33)/t15-/m0/s1. The van der Waals surface area contributed by atoms with Crippen molar-refractivity contribution in [3.63, 3.8) is 0 Å². The third-order valence-corrected chi connectivity index (χ3v) is 8.25. The predicted molar refractivity (Wildman–Crippen MR) is 139 cm³/mol. The molecule has 9 nitrogen and oxygen atoms in total. The van der Waals surface area contributed by atoms with Gasteiger partial charge in [0.05, 0.1) is 30.9 Å². The fraction of sp³-hybridized carbons (Fsp3) is 0.400. The van der Waals surface area contributed by atoms with E-state index in [0.717, 1.165) is 42.6 Å². The summed E-state index contributed by atoms with van der Waals surface area (Å²) in [5.74, 6) is 1.15. The second kappa shape index (κ2) is 11.6. The maximum Gasteiger partial charge on any atom is 0.235 e. The zero-order chi connectivity index (χ0) is 25.7. The molecule has 3 aromatic rings. The van der Waals surface area contributed by atoms with E-state index >= 15 is 0 Å². The van der Waals surface area contributed by atoms with Crippen molar-refractivity contribution < 1.29 is 14.3 Å². The van der Waals surface area contributed by atoms with Gasteiger partial charge in [0.1, 0.15) is 16.8 Å². The van der Waals surface area contributed by atoms with E-state index in [1.54, 1.807) is 11.7 Å². The molecule has 1 aromatic carbocycles. The highest BCUT2D eigenvalue weighted by Crippen LogP contribution is 2.37. The van der Waals surface area contributed by atoms with Gasteiger partial charge in [0.25, 0.3) is 0 Å². The van der Waals surface area contributed by atoms with Gasteiger partial charge in [-0.2, -0.15) is 5.26 Å². The first-order chi connectivity index (χ1) is 17.4. The summed E-state index contributed by atoms with van der Waals surface area (Å²) >= 11 is 2.77. The van der Waals surface area contributed by atoms with Crippen molar-refractivity contribution >= 4 is 39.9 Å². The first kappa shape index (κ1) is 25.7. The number of nitrogens with zero attached hydrogens (tertiary/aromatic N) is 4. The maximum atomic E-state index is 12.6. The lowest BCUT2D eigenvalue weighted by Crippen LogP contribution is -2.29. The zero-order valence-corrected chi connectivity index (χ0v) is 22.1. The van der Waals surface area contributed by atoms with Gasteiger partial charge in [-0.1, -0.05) is 23.9 Å². The van der Waals surface area contributed by atoms with Crippen molar-refractivity contribution in [2.24, 2.45) is 7.05 Å². The summed E-state index contributed by atoms with van der Waals surface area (Å²) < 4.78 is 6.92. The number of nitriles is 1. The molecule has 0 bridgehead atoms. The average Bonchev–Trinajstić information content (AvgIpc) is 3.42. The number of methoxy groups -OCH3 is 1. The number of anilines is 1. The molecule has 0 unspecified atom stereocenters. The van der Waals surface area contributed by atoms with Gasteiger partial charge >= 0.3 is 0 Å². The largest absolute Gasteiger partial charge is 0.497 e. The highest BCUT2D eigenvalue weighted by atomic mass is 32.2. The number of carbonyl (C=O) groups is 2. The minimum atomic E-state index is -0.355. The molecule has 2 aromatic heterocycles. The normalized spacial score (nSPS) is 13.4. The van der Waals surface area contributed by atoms with E-state index in [9.17, 15) is 14.9 Å². The molecule has 1 atom stereocenters. The van der Waals surface area contributed by atoms with Gasteiger partial charge in [-0.3, -0.25) is 9.59 Å². The number of thiophene rings is 1. The molecule has 36 heavy (non-hydrogen) atoms. The monoisotopic (exact) mass is 524 g/mol. The van der Waals surface area contributed by atoms with Gasteiger partial charge in [-0.15, -0.1) is 21.5 Å². The van der Waals surface area contributed by atoms with E-state index in [1.807, 2.05) is 38.2 Å². The molecule has 0 radical (unpaired) electrons. The van der Waals surface area contributed by atoms with Crippen LogP contribution in [0.2, 0.25) is 0 Å². The van der Waals surface area contributed by atoms with Crippen LogP contribution in [-0.4, -0.2) is 39.4 Å². The minimum Gasteiger partial charge on any atom is -0.497 e. The van der Waals surface area contributed by atoms with Crippen LogP contribution in [-0.2, 0) is 35.9 Å². The molecule has 0 spiro atoms. The van der Waals surface area contributed by atoms with Gasteiger partial charge < -0.3 is 19.9 Å². The minimum absolute atomic E-state index is 0.129. The highest BCUT2D eigenvalue weighted by molar-refractivity contribution is 7.99. The van der Waals surface area contributed by atoms with E-state index in [-0.39, 0.29) is 30.0 Å². The van der Waals surface area contributed by atoms with Crippen LogP contribution in [0.1, 0.15) is 53.2 Å². The number of rotatable bonds is 9. The van der Waals surface area contributed by atoms with Gasteiger partial charge in [0, 0.05) is 11.9 Å². The summed E-state index contributed by atoms with van der Waals surface area (Å²) in [7, 11) is 3.41. The van der Waals surface area contributed by atoms with Gasteiger partial charge in [0.2, 0.25) is 11.8 Å². The third-order valence-electron chi connectivity index (χ3n) is 6.03. The van der Waals surface area contributed by atoms with E-state index in [0.29, 0.717) is 21.5 Å². The molecule has 11 heteroatoms. The Labute approximate surface area is 218 Å². The first-order valence-corrected chi connectivity index (χ1v) is 13.5. The number of ether oxygens (including phenoxy) is 1. The lowest BCUT2D eigenvalue weighted by atomic mass is 9.96. The highest BCUT2D eigenvalue weighted by Gasteiger charge is 2.23. The Kier molecular flexibility index (Phi) is 8.28. The average molecular weight is 525 g/mol. The topological polar surface area (TPSA) is 122 Å². The fourth-order valence-corrected chi connectivity index (χ4v) is 6.15. The summed E-state index contributed by atoms with van der Waals surface area (Å²) in [6, 6.07) is 9.27. The van der Waals surface area contributed by atoms with Crippen molar-refractivity contribution in [1.82, 2.24) is 20.1 Å². The van der Waals surface area contributed by atoms with Crippen molar-refractivity contribution in [3.8, 4) is 11.8 Å². The van der Waals surface area contributed by atoms with E-state index in [4.69, 9.17) is 4.74 Å². The van der Waals surface area contributed by atoms with Crippen molar-refractivity contribution in [2.75, 3.05) is 18.2 Å². The van der Waals surface area contributed by atoms with Crippen molar-refractivity contribution in [3.05, 3.63) is 51.7 Å². The zero-order valence-electron chi connectivity index (χ0n) is 20.5. The molecule has 0 saturated heterocycles. The van der Waals surface area contributed by atoms with Gasteiger partial charge in [-0.05, 0) is 55.9 Å². The Morgan fingerprint density at radius 1 is 1.22 bits per heavy atom. The van der Waals surface area contributed by atoms with Crippen LogP contribution < -0.4 is 15.4 Å². The Morgan fingerprint density at radius 3 is 2.69 bits per heavy atom. The number of nitrogens with one attached hydrogen (secondary N) is 2. The maximum absolute atomic E-state index is 12.6. The third kappa shape index (κ3) is 5.88. The molecule has 2 N–H and O–H groups in total. The predicted octanol–water partition coefficient (Wildman–Crippen LogP) is 3.79. The Hall–Kier alpha value is -3.36. The SMILES string of the molecule is COc1ccc(CC(=O)N[C@@H](C)c2nnc(SCC(=O)Nc3sc4c(c3C#N)CCCC4)n2C)cc1. The molecule has 0 fully saturated rings. The van der Waals surface area contributed by atoms with Crippen LogP contribution in [0.4, 0.5) is 5.00 Å². The second-order valence-electron chi connectivity index (χ2n) is 8.58. The number of fused-ring (bicyclic) bond motifs is 1. The summed E-state index contributed by atoms with van der Waals surface area (Å²) in [6.45, 7) is 1.85. The number of hydrogen-bond donors (Lipinski definition) is 2. The number of benzene rings is 1. The molecule has 1 aliphatic rings. The van der Waals surface area contributed by atoms with Crippen LogP contribution in [0.25, 0.3) is 0 Å². The lowest BCUT2D eigenvalue weighted by Gasteiger charge is -2.14. The van der Waals surface area contributed by atoms with Crippen LogP contribution in [0, 0.1) is 11.3 Å². The van der Waals surface area contributed by atoms with Crippen LogP contribution in [0.3, 0.4) is 0 Å². The molecule has 4 rings (SSSR count). The van der Waals surface area contributed by atoms with Crippen molar-refractivity contribution in [2.45, 2.75) is 50.2 Å². The molecule has 2 heterocycles. The lowest BCUT2D eigenvalue weighted by molar-refractivity contribution is -0.121. The van der Waals surface area contributed by atoms with E-state index in [2.05, 4.69) is 26.9 Å². The number of thioether (sulfide) groups is 1. The summed E-state index contributed by atoms with van der Waals surface area (Å²) in [5.41, 5.74) is 2.58. The van der Waals surface area contributed by atoms with Crippen molar-refractivity contribution in [1.29, 1.82) is 5.26 Å². The van der Waals surface area contributed by atoms with Gasteiger partial charge in [-0.25, -0.2) is 0 Å². The number of aryl methyl sites for hydroxylation is 1. The summed E-state index contributed by atoms with van der Waals surface area (Å²) in [4.78, 5) is 26.3. The quantitative estimate of drug-likeness (QED) is 0.409. The molecular weight excluding hydrogens is 496 g/mol. The van der Waals surface area contributed by atoms with Crippen LogP contribution in [0.5, 0.6) is 5.75 Å². The molecule has 2 amide bonds. The van der Waals surface area contributed by atoms with Gasteiger partial charge in [0.15, 0.2) is 11.0 Å². The fourth-order valence-electron chi connectivity index (χ4n) is 4.18.